The average molecular weight is 418 g/mol. The number of likely N-dealkylation sites (N-methyl/N-ethyl adjacent to an activating group) is 1. The molecule has 156 valence electrons. The molecule has 0 aliphatic carbocycles. The van der Waals surface area contributed by atoms with Gasteiger partial charge in [-0.15, -0.1) is 0 Å². The molecule has 2 aromatic carbocycles. The maximum absolute atomic E-state index is 13.4. The average Bonchev–Trinajstić information content (AvgIpc) is 2.73. The Morgan fingerprint density at radius 1 is 1.00 bits per heavy atom. The van der Waals surface area contributed by atoms with Crippen LogP contribution in [0.3, 0.4) is 0 Å². The normalized spacial score (nSPS) is 15.2. The molecule has 0 spiro atoms. The molecule has 1 fully saturated rings. The zero-order chi connectivity index (χ0) is 21.0. The lowest BCUT2D eigenvalue weighted by molar-refractivity contribution is -0.131. The van der Waals surface area contributed by atoms with Gasteiger partial charge in [0.15, 0.2) is 0 Å². The van der Waals surface area contributed by atoms with E-state index in [1.54, 1.807) is 29.2 Å². The van der Waals surface area contributed by atoms with Gasteiger partial charge in [-0.3, -0.25) is 9.10 Å². The number of benzene rings is 2. The fourth-order valence-electron chi connectivity index (χ4n) is 3.18. The van der Waals surface area contributed by atoms with Gasteiger partial charge in [0, 0.05) is 26.2 Å². The quantitative estimate of drug-likeness (QED) is 0.719. The largest absolute Gasteiger partial charge is 0.497 e. The van der Waals surface area contributed by atoms with Crippen molar-refractivity contribution in [3.8, 4) is 5.75 Å². The van der Waals surface area contributed by atoms with Gasteiger partial charge in [0.05, 0.1) is 17.7 Å². The van der Waals surface area contributed by atoms with Crippen LogP contribution in [-0.4, -0.2) is 71.0 Å². The minimum Gasteiger partial charge on any atom is -0.497 e. The molecule has 0 bridgehead atoms. The minimum atomic E-state index is -3.92. The summed E-state index contributed by atoms with van der Waals surface area (Å²) in [4.78, 5) is 16.9. The highest BCUT2D eigenvalue weighted by molar-refractivity contribution is 7.92. The zero-order valence-corrected chi connectivity index (χ0v) is 17.9. The Kier molecular flexibility index (Phi) is 6.44. The molecule has 1 saturated heterocycles. The first-order chi connectivity index (χ1) is 13.8. The number of carbonyl (C=O) groups excluding carboxylic acids is 1. The molecule has 3 rings (SSSR count). The van der Waals surface area contributed by atoms with Gasteiger partial charge >= 0.3 is 0 Å². The van der Waals surface area contributed by atoms with Crippen LogP contribution in [0.4, 0.5) is 5.69 Å². The fourth-order valence-corrected chi connectivity index (χ4v) is 4.59. The third kappa shape index (κ3) is 4.89. The van der Waals surface area contributed by atoms with Gasteiger partial charge in [0.1, 0.15) is 12.3 Å². The summed E-state index contributed by atoms with van der Waals surface area (Å²) in [5, 5.41) is 0. The van der Waals surface area contributed by atoms with Crippen LogP contribution in [0, 0.1) is 6.92 Å². The van der Waals surface area contributed by atoms with Crippen LogP contribution in [0.2, 0.25) is 0 Å². The van der Waals surface area contributed by atoms with E-state index in [9.17, 15) is 13.2 Å². The molecule has 0 atom stereocenters. The van der Waals surface area contributed by atoms with Crippen LogP contribution >= 0.6 is 0 Å². The van der Waals surface area contributed by atoms with Crippen molar-refractivity contribution >= 4 is 21.6 Å². The maximum Gasteiger partial charge on any atom is 0.264 e. The van der Waals surface area contributed by atoms with Crippen molar-refractivity contribution in [1.82, 2.24) is 9.80 Å². The Morgan fingerprint density at radius 2 is 1.59 bits per heavy atom. The van der Waals surface area contributed by atoms with Gasteiger partial charge in [-0.05, 0) is 50.4 Å². The number of piperazine rings is 1. The smallest absolute Gasteiger partial charge is 0.264 e. The number of hydrogen-bond acceptors (Lipinski definition) is 5. The Hall–Kier alpha value is -2.58. The van der Waals surface area contributed by atoms with Crippen molar-refractivity contribution in [1.29, 1.82) is 0 Å². The summed E-state index contributed by atoms with van der Waals surface area (Å²) in [6, 6.07) is 13.3. The Balaban J connectivity index is 1.91. The van der Waals surface area contributed by atoms with Crippen LogP contribution in [0.25, 0.3) is 0 Å². The summed E-state index contributed by atoms with van der Waals surface area (Å²) in [6.45, 7) is 4.45. The summed E-state index contributed by atoms with van der Waals surface area (Å²) >= 11 is 0. The molecule has 1 heterocycles. The van der Waals surface area contributed by atoms with Crippen LogP contribution in [0.5, 0.6) is 5.75 Å². The monoisotopic (exact) mass is 417 g/mol. The number of hydrogen-bond donors (Lipinski definition) is 0. The molecular weight excluding hydrogens is 390 g/mol. The number of carbonyl (C=O) groups is 1. The van der Waals surface area contributed by atoms with E-state index in [1.165, 1.54) is 23.5 Å². The fraction of sp³-hybridized carbons (Fsp3) is 0.381. The molecule has 0 aromatic heterocycles. The topological polar surface area (TPSA) is 70.2 Å². The van der Waals surface area contributed by atoms with Gasteiger partial charge in [0.25, 0.3) is 10.0 Å². The van der Waals surface area contributed by atoms with Crippen molar-refractivity contribution in [2.75, 3.05) is 51.2 Å². The van der Waals surface area contributed by atoms with Crippen molar-refractivity contribution in [2.24, 2.45) is 0 Å². The van der Waals surface area contributed by atoms with Crippen molar-refractivity contribution in [2.45, 2.75) is 11.8 Å². The molecule has 29 heavy (non-hydrogen) atoms. The minimum absolute atomic E-state index is 0.116. The van der Waals surface area contributed by atoms with Gasteiger partial charge in [-0.1, -0.05) is 17.7 Å². The van der Waals surface area contributed by atoms with Crippen LogP contribution in [0.15, 0.2) is 53.4 Å². The van der Waals surface area contributed by atoms with Gasteiger partial charge in [-0.25, -0.2) is 8.42 Å². The molecule has 1 aliphatic rings. The summed E-state index contributed by atoms with van der Waals surface area (Å²) in [5.41, 5.74) is 1.48. The number of ether oxygens (including phenoxy) is 1. The predicted molar refractivity (Wildman–Crippen MR) is 113 cm³/mol. The number of anilines is 1. The molecule has 0 unspecified atom stereocenters. The molecule has 1 aliphatic heterocycles. The van der Waals surface area contributed by atoms with E-state index in [-0.39, 0.29) is 17.3 Å². The number of nitrogens with zero attached hydrogens (tertiary/aromatic N) is 3. The summed E-state index contributed by atoms with van der Waals surface area (Å²) in [7, 11) is -0.383. The molecule has 7 nitrogen and oxygen atoms in total. The summed E-state index contributed by atoms with van der Waals surface area (Å²) < 4.78 is 33.1. The second-order valence-electron chi connectivity index (χ2n) is 7.21. The van der Waals surface area contributed by atoms with Gasteiger partial charge < -0.3 is 14.5 Å². The van der Waals surface area contributed by atoms with E-state index in [1.807, 2.05) is 26.1 Å². The van der Waals surface area contributed by atoms with E-state index < -0.39 is 10.0 Å². The molecule has 0 N–H and O–H groups in total. The molecule has 0 radical (unpaired) electrons. The van der Waals surface area contributed by atoms with E-state index in [0.717, 1.165) is 18.7 Å². The van der Waals surface area contributed by atoms with E-state index in [2.05, 4.69) is 4.90 Å². The number of sulfonamides is 1. The maximum atomic E-state index is 13.4. The van der Waals surface area contributed by atoms with Crippen LogP contribution < -0.4 is 9.04 Å². The number of amides is 1. The molecule has 2 aromatic rings. The number of methoxy groups -OCH3 is 1. The molecule has 1 amide bonds. The van der Waals surface area contributed by atoms with Crippen molar-refractivity contribution in [3.63, 3.8) is 0 Å². The Labute approximate surface area is 172 Å². The highest BCUT2D eigenvalue weighted by Gasteiger charge is 2.29. The highest BCUT2D eigenvalue weighted by atomic mass is 32.2. The number of aryl methyl sites for hydroxylation is 1. The number of rotatable bonds is 6. The molecule has 0 saturated carbocycles. The van der Waals surface area contributed by atoms with Crippen molar-refractivity contribution < 1.29 is 17.9 Å². The van der Waals surface area contributed by atoms with E-state index in [0.29, 0.717) is 24.5 Å². The Bertz CT molecular complexity index is 935. The lowest BCUT2D eigenvalue weighted by atomic mass is 10.2. The first-order valence-corrected chi connectivity index (χ1v) is 10.9. The lowest BCUT2D eigenvalue weighted by Gasteiger charge is -2.34. The third-order valence-electron chi connectivity index (χ3n) is 5.10. The Morgan fingerprint density at radius 3 is 2.14 bits per heavy atom. The van der Waals surface area contributed by atoms with Crippen molar-refractivity contribution in [3.05, 3.63) is 54.1 Å². The molecule has 8 heteroatoms. The van der Waals surface area contributed by atoms with Gasteiger partial charge in [0.2, 0.25) is 5.91 Å². The standard InChI is InChI=1S/C21H27N3O4S/c1-17-4-6-18(7-5-17)24(16-21(25)23-14-12-22(2)13-15-23)29(26,27)20-10-8-19(28-3)9-11-20/h4-11H,12-16H2,1-3H3. The first-order valence-electron chi connectivity index (χ1n) is 9.51. The second-order valence-corrected chi connectivity index (χ2v) is 9.07. The van der Waals surface area contributed by atoms with Crippen LogP contribution in [0.1, 0.15) is 5.56 Å². The third-order valence-corrected chi connectivity index (χ3v) is 6.89. The highest BCUT2D eigenvalue weighted by Crippen LogP contribution is 2.25. The van der Waals surface area contributed by atoms with E-state index in [4.69, 9.17) is 4.74 Å². The lowest BCUT2D eigenvalue weighted by Crippen LogP contribution is -2.50. The van der Waals surface area contributed by atoms with Crippen LogP contribution in [-0.2, 0) is 14.8 Å². The molecular formula is C21H27N3O4S. The van der Waals surface area contributed by atoms with E-state index >= 15 is 0 Å². The zero-order valence-electron chi connectivity index (χ0n) is 17.0. The summed E-state index contributed by atoms with van der Waals surface area (Å²) in [5.74, 6) is 0.370. The first kappa shape index (κ1) is 21.1. The summed E-state index contributed by atoms with van der Waals surface area (Å²) in [6.07, 6.45) is 0. The SMILES string of the molecule is COc1ccc(S(=O)(=O)N(CC(=O)N2CCN(C)CC2)c2ccc(C)cc2)cc1. The van der Waals surface area contributed by atoms with Gasteiger partial charge in [-0.2, -0.15) is 0 Å². The second kappa shape index (κ2) is 8.84. The predicted octanol–water partition coefficient (Wildman–Crippen LogP) is 1.97.